The molecule has 1 heterocycles. The van der Waals surface area contributed by atoms with E-state index in [4.69, 9.17) is 5.73 Å². The van der Waals surface area contributed by atoms with Gasteiger partial charge in [0.1, 0.15) is 0 Å². The zero-order valence-electron chi connectivity index (χ0n) is 11.4. The van der Waals surface area contributed by atoms with Crippen molar-refractivity contribution in [1.82, 2.24) is 4.90 Å². The summed E-state index contributed by atoms with van der Waals surface area (Å²) in [5, 5.41) is 0. The molecule has 0 saturated carbocycles. The van der Waals surface area contributed by atoms with Gasteiger partial charge in [0.05, 0.1) is 0 Å². The smallest absolute Gasteiger partial charge is 0.0314 e. The zero-order valence-corrected chi connectivity index (χ0v) is 11.4. The Morgan fingerprint density at radius 1 is 0.889 bits per heavy atom. The summed E-state index contributed by atoms with van der Waals surface area (Å²) in [6.45, 7) is 3.97. The van der Waals surface area contributed by atoms with Gasteiger partial charge in [-0.1, -0.05) is 25.0 Å². The third-order valence-electron chi connectivity index (χ3n) is 3.87. The SMILES string of the molecule is Nc1ccc(CCCCCN2CCCCC2)cc1. The number of likely N-dealkylation sites (tertiary alicyclic amines) is 1. The number of piperidine rings is 1. The number of aryl methyl sites for hydroxylation is 1. The summed E-state index contributed by atoms with van der Waals surface area (Å²) in [5.41, 5.74) is 7.96. The number of hydrogen-bond donors (Lipinski definition) is 1. The Bertz CT molecular complexity index is 325. The maximum atomic E-state index is 5.68. The number of nitrogens with two attached hydrogens (primary N) is 1. The lowest BCUT2D eigenvalue weighted by molar-refractivity contribution is 0.224. The van der Waals surface area contributed by atoms with Crippen LogP contribution in [-0.2, 0) is 6.42 Å². The van der Waals surface area contributed by atoms with Crippen LogP contribution in [0.1, 0.15) is 44.1 Å². The molecule has 0 aromatic heterocycles. The molecule has 0 amide bonds. The van der Waals surface area contributed by atoms with Crippen LogP contribution in [0, 0.1) is 0 Å². The fourth-order valence-corrected chi connectivity index (χ4v) is 2.71. The number of benzene rings is 1. The molecule has 2 nitrogen and oxygen atoms in total. The summed E-state index contributed by atoms with van der Waals surface area (Å²) in [5.74, 6) is 0. The molecule has 1 fully saturated rings. The molecule has 2 N–H and O–H groups in total. The van der Waals surface area contributed by atoms with E-state index in [-0.39, 0.29) is 0 Å². The van der Waals surface area contributed by atoms with Gasteiger partial charge in [-0.15, -0.1) is 0 Å². The first-order valence-corrected chi connectivity index (χ1v) is 7.41. The molecule has 2 rings (SSSR count). The van der Waals surface area contributed by atoms with Gasteiger partial charge in [-0.2, -0.15) is 0 Å². The normalized spacial score (nSPS) is 16.9. The molecule has 0 radical (unpaired) electrons. The Morgan fingerprint density at radius 3 is 2.33 bits per heavy atom. The van der Waals surface area contributed by atoms with E-state index in [1.54, 1.807) is 0 Å². The number of nitrogen functional groups attached to an aromatic ring is 1. The van der Waals surface area contributed by atoms with Crippen molar-refractivity contribution in [1.29, 1.82) is 0 Å². The van der Waals surface area contributed by atoms with Gasteiger partial charge in [0.25, 0.3) is 0 Å². The summed E-state index contributed by atoms with van der Waals surface area (Å²) >= 11 is 0. The molecular formula is C16H26N2. The molecule has 1 aromatic rings. The molecule has 1 saturated heterocycles. The summed E-state index contributed by atoms with van der Waals surface area (Å²) in [6, 6.07) is 8.31. The molecule has 100 valence electrons. The highest BCUT2D eigenvalue weighted by Crippen LogP contribution is 2.12. The van der Waals surface area contributed by atoms with E-state index in [1.807, 2.05) is 12.1 Å². The van der Waals surface area contributed by atoms with Crippen LogP contribution in [0.4, 0.5) is 5.69 Å². The van der Waals surface area contributed by atoms with E-state index in [0.717, 1.165) is 5.69 Å². The Kier molecular flexibility index (Phi) is 5.53. The highest BCUT2D eigenvalue weighted by Gasteiger charge is 2.08. The second-order valence-electron chi connectivity index (χ2n) is 5.45. The van der Waals surface area contributed by atoms with E-state index < -0.39 is 0 Å². The fraction of sp³-hybridized carbons (Fsp3) is 0.625. The van der Waals surface area contributed by atoms with Crippen molar-refractivity contribution in [2.24, 2.45) is 0 Å². The Morgan fingerprint density at radius 2 is 1.61 bits per heavy atom. The molecule has 0 spiro atoms. The Labute approximate surface area is 111 Å². The largest absolute Gasteiger partial charge is 0.399 e. The second-order valence-corrected chi connectivity index (χ2v) is 5.45. The van der Waals surface area contributed by atoms with Crippen molar-refractivity contribution in [3.63, 3.8) is 0 Å². The third kappa shape index (κ3) is 4.69. The minimum Gasteiger partial charge on any atom is -0.399 e. The van der Waals surface area contributed by atoms with Crippen LogP contribution in [0.3, 0.4) is 0 Å². The molecule has 1 aliphatic rings. The maximum Gasteiger partial charge on any atom is 0.0314 e. The van der Waals surface area contributed by atoms with Crippen LogP contribution >= 0.6 is 0 Å². The van der Waals surface area contributed by atoms with Gasteiger partial charge in [-0.05, 0) is 69.4 Å². The fourth-order valence-electron chi connectivity index (χ4n) is 2.71. The second kappa shape index (κ2) is 7.42. The number of anilines is 1. The molecule has 18 heavy (non-hydrogen) atoms. The van der Waals surface area contributed by atoms with Crippen molar-refractivity contribution >= 4 is 5.69 Å². The van der Waals surface area contributed by atoms with Gasteiger partial charge in [0.2, 0.25) is 0 Å². The van der Waals surface area contributed by atoms with Gasteiger partial charge in [0.15, 0.2) is 0 Å². The number of unbranched alkanes of at least 4 members (excludes halogenated alkanes) is 2. The first-order chi connectivity index (χ1) is 8.84. The monoisotopic (exact) mass is 246 g/mol. The first-order valence-electron chi connectivity index (χ1n) is 7.41. The zero-order chi connectivity index (χ0) is 12.6. The van der Waals surface area contributed by atoms with Crippen molar-refractivity contribution < 1.29 is 0 Å². The van der Waals surface area contributed by atoms with E-state index in [9.17, 15) is 0 Å². The molecule has 0 unspecified atom stereocenters. The number of nitrogens with zero attached hydrogens (tertiary/aromatic N) is 1. The van der Waals surface area contributed by atoms with E-state index in [1.165, 1.54) is 70.1 Å². The topological polar surface area (TPSA) is 29.3 Å². The van der Waals surface area contributed by atoms with Gasteiger partial charge in [0, 0.05) is 5.69 Å². The molecular weight excluding hydrogens is 220 g/mol. The van der Waals surface area contributed by atoms with Crippen LogP contribution in [0.15, 0.2) is 24.3 Å². The molecule has 1 aliphatic heterocycles. The van der Waals surface area contributed by atoms with Crippen LogP contribution in [-0.4, -0.2) is 24.5 Å². The van der Waals surface area contributed by atoms with Gasteiger partial charge < -0.3 is 10.6 Å². The van der Waals surface area contributed by atoms with E-state index >= 15 is 0 Å². The minimum absolute atomic E-state index is 0.865. The van der Waals surface area contributed by atoms with Gasteiger partial charge in [-0.25, -0.2) is 0 Å². The molecule has 2 heteroatoms. The highest BCUT2D eigenvalue weighted by molar-refractivity contribution is 5.39. The van der Waals surface area contributed by atoms with Crippen molar-refractivity contribution in [3.8, 4) is 0 Å². The molecule has 1 aromatic carbocycles. The predicted octanol–water partition coefficient (Wildman–Crippen LogP) is 3.47. The standard InChI is InChI=1S/C16H26N2/c17-16-10-8-15(9-11-16)7-3-1-4-12-18-13-5-2-6-14-18/h8-11H,1-7,12-14,17H2. The summed E-state index contributed by atoms with van der Waals surface area (Å²) in [7, 11) is 0. The summed E-state index contributed by atoms with van der Waals surface area (Å²) in [4.78, 5) is 2.63. The quantitative estimate of drug-likeness (QED) is 0.615. The maximum absolute atomic E-state index is 5.68. The van der Waals surface area contributed by atoms with E-state index in [2.05, 4.69) is 17.0 Å². The Hall–Kier alpha value is -1.02. The lowest BCUT2D eigenvalue weighted by atomic mass is 10.1. The number of rotatable bonds is 6. The minimum atomic E-state index is 0.865. The molecule has 0 aliphatic carbocycles. The summed E-state index contributed by atoms with van der Waals surface area (Å²) in [6.07, 6.45) is 9.46. The molecule has 0 atom stereocenters. The highest BCUT2D eigenvalue weighted by atomic mass is 15.1. The average molecular weight is 246 g/mol. The lowest BCUT2D eigenvalue weighted by Crippen LogP contribution is -2.30. The van der Waals surface area contributed by atoms with Crippen LogP contribution in [0.5, 0.6) is 0 Å². The average Bonchev–Trinajstić information content (AvgIpc) is 2.42. The first kappa shape index (κ1) is 13.4. The van der Waals surface area contributed by atoms with Gasteiger partial charge >= 0.3 is 0 Å². The molecule has 0 bridgehead atoms. The third-order valence-corrected chi connectivity index (χ3v) is 3.87. The predicted molar refractivity (Wildman–Crippen MR) is 78.7 cm³/mol. The van der Waals surface area contributed by atoms with Crippen molar-refractivity contribution in [3.05, 3.63) is 29.8 Å². The van der Waals surface area contributed by atoms with Crippen LogP contribution in [0.2, 0.25) is 0 Å². The van der Waals surface area contributed by atoms with E-state index in [0.29, 0.717) is 0 Å². The van der Waals surface area contributed by atoms with Crippen molar-refractivity contribution in [2.75, 3.05) is 25.4 Å². The lowest BCUT2D eigenvalue weighted by Gasteiger charge is -2.26. The Balaban J connectivity index is 1.54. The van der Waals surface area contributed by atoms with Crippen molar-refractivity contribution in [2.45, 2.75) is 44.9 Å². The van der Waals surface area contributed by atoms with Crippen LogP contribution in [0.25, 0.3) is 0 Å². The van der Waals surface area contributed by atoms with Crippen LogP contribution < -0.4 is 5.73 Å². The van der Waals surface area contributed by atoms with Gasteiger partial charge in [-0.3, -0.25) is 0 Å². The number of hydrogen-bond acceptors (Lipinski definition) is 2. The summed E-state index contributed by atoms with van der Waals surface area (Å²) < 4.78 is 0.